The number of ether oxygens (including phenoxy) is 1. The van der Waals surface area contributed by atoms with Gasteiger partial charge in [0.25, 0.3) is 0 Å². The lowest BCUT2D eigenvalue weighted by Gasteiger charge is -2.09. The van der Waals surface area contributed by atoms with Crippen LogP contribution in [0.4, 0.5) is 11.4 Å². The van der Waals surface area contributed by atoms with Crippen molar-refractivity contribution >= 4 is 17.3 Å². The van der Waals surface area contributed by atoms with Crippen LogP contribution in [0.1, 0.15) is 16.8 Å². The number of nitrogens with one attached hydrogen (secondary N) is 1. The molecule has 1 aromatic rings. The van der Waals surface area contributed by atoms with Gasteiger partial charge in [0.2, 0.25) is 0 Å². The molecule has 1 aromatic carbocycles. The SMILES string of the molecule is COCCCNc1cc(C(=O)O)ccc1N. The number of carbonyl (C=O) groups is 1. The molecule has 0 unspecified atom stereocenters. The number of benzene rings is 1. The van der Waals surface area contributed by atoms with Crippen molar-refractivity contribution in [3.05, 3.63) is 23.8 Å². The molecule has 0 atom stereocenters. The van der Waals surface area contributed by atoms with Gasteiger partial charge in [0.1, 0.15) is 0 Å². The number of nitrogens with two attached hydrogens (primary N) is 1. The van der Waals surface area contributed by atoms with E-state index in [-0.39, 0.29) is 5.56 Å². The summed E-state index contributed by atoms with van der Waals surface area (Å²) >= 11 is 0. The summed E-state index contributed by atoms with van der Waals surface area (Å²) in [5, 5.41) is 11.9. The van der Waals surface area contributed by atoms with Gasteiger partial charge in [-0.3, -0.25) is 0 Å². The van der Waals surface area contributed by atoms with Crippen LogP contribution >= 0.6 is 0 Å². The quantitative estimate of drug-likeness (QED) is 0.502. The van der Waals surface area contributed by atoms with E-state index in [0.717, 1.165) is 6.42 Å². The van der Waals surface area contributed by atoms with Crippen LogP contribution in [-0.4, -0.2) is 31.3 Å². The number of anilines is 2. The first kappa shape index (κ1) is 12.3. The van der Waals surface area contributed by atoms with Crippen LogP contribution in [0.25, 0.3) is 0 Å². The highest BCUT2D eigenvalue weighted by Crippen LogP contribution is 2.19. The highest BCUT2D eigenvalue weighted by molar-refractivity contribution is 5.90. The van der Waals surface area contributed by atoms with Crippen molar-refractivity contribution in [3.63, 3.8) is 0 Å². The van der Waals surface area contributed by atoms with Crippen LogP contribution in [-0.2, 0) is 4.74 Å². The summed E-state index contributed by atoms with van der Waals surface area (Å²) in [5.41, 5.74) is 7.14. The number of methoxy groups -OCH3 is 1. The van der Waals surface area contributed by atoms with Gasteiger partial charge in [-0.2, -0.15) is 0 Å². The molecule has 5 heteroatoms. The number of rotatable bonds is 6. The Morgan fingerprint density at radius 3 is 2.94 bits per heavy atom. The molecule has 0 amide bonds. The third kappa shape index (κ3) is 3.43. The Labute approximate surface area is 94.2 Å². The number of hydrogen-bond acceptors (Lipinski definition) is 4. The fraction of sp³-hybridized carbons (Fsp3) is 0.364. The zero-order chi connectivity index (χ0) is 12.0. The first-order chi connectivity index (χ1) is 7.65. The second kappa shape index (κ2) is 5.97. The molecule has 4 N–H and O–H groups in total. The van der Waals surface area contributed by atoms with Crippen molar-refractivity contribution in [2.45, 2.75) is 6.42 Å². The summed E-state index contributed by atoms with van der Waals surface area (Å²) in [6, 6.07) is 4.60. The molecule has 0 saturated heterocycles. The summed E-state index contributed by atoms with van der Waals surface area (Å²) in [5.74, 6) is -0.958. The minimum absolute atomic E-state index is 0.225. The Hall–Kier alpha value is -1.75. The third-order valence-electron chi connectivity index (χ3n) is 2.14. The highest BCUT2D eigenvalue weighted by atomic mass is 16.5. The summed E-state index contributed by atoms with van der Waals surface area (Å²) < 4.78 is 4.91. The van der Waals surface area contributed by atoms with E-state index in [1.165, 1.54) is 12.1 Å². The predicted molar refractivity (Wildman–Crippen MR) is 62.8 cm³/mol. The Morgan fingerprint density at radius 1 is 1.56 bits per heavy atom. The summed E-state index contributed by atoms with van der Waals surface area (Å²) in [6.45, 7) is 1.35. The largest absolute Gasteiger partial charge is 0.478 e. The van der Waals surface area contributed by atoms with Crippen molar-refractivity contribution in [1.29, 1.82) is 0 Å². The van der Waals surface area contributed by atoms with Crippen molar-refractivity contribution in [2.75, 3.05) is 31.3 Å². The standard InChI is InChI=1S/C11H16N2O3/c1-16-6-2-5-13-10-7-8(11(14)15)3-4-9(10)12/h3-4,7,13H,2,5-6,12H2,1H3,(H,14,15). The normalized spacial score (nSPS) is 10.1. The Bertz CT molecular complexity index is 366. The zero-order valence-electron chi connectivity index (χ0n) is 9.19. The maximum absolute atomic E-state index is 10.8. The van der Waals surface area contributed by atoms with Crippen molar-refractivity contribution in [3.8, 4) is 0 Å². The molecule has 0 heterocycles. The fourth-order valence-corrected chi connectivity index (χ4v) is 1.28. The van der Waals surface area contributed by atoms with E-state index >= 15 is 0 Å². The molecule has 1 rings (SSSR count). The monoisotopic (exact) mass is 224 g/mol. The van der Waals surface area contributed by atoms with Gasteiger partial charge in [-0.25, -0.2) is 4.79 Å². The van der Waals surface area contributed by atoms with Crippen LogP contribution in [0.3, 0.4) is 0 Å². The zero-order valence-corrected chi connectivity index (χ0v) is 9.19. The van der Waals surface area contributed by atoms with Crippen LogP contribution in [0, 0.1) is 0 Å². The van der Waals surface area contributed by atoms with Crippen LogP contribution in [0.5, 0.6) is 0 Å². The van der Waals surface area contributed by atoms with E-state index in [9.17, 15) is 4.79 Å². The molecule has 16 heavy (non-hydrogen) atoms. The Kier molecular flexibility index (Phi) is 4.60. The molecular formula is C11H16N2O3. The Balaban J connectivity index is 2.63. The maximum atomic E-state index is 10.8. The minimum atomic E-state index is -0.958. The van der Waals surface area contributed by atoms with Crippen molar-refractivity contribution < 1.29 is 14.6 Å². The van der Waals surface area contributed by atoms with Gasteiger partial charge in [0.15, 0.2) is 0 Å². The summed E-state index contributed by atoms with van der Waals surface area (Å²) in [7, 11) is 1.64. The van der Waals surface area contributed by atoms with Gasteiger partial charge in [0, 0.05) is 20.3 Å². The van der Waals surface area contributed by atoms with E-state index in [4.69, 9.17) is 15.6 Å². The maximum Gasteiger partial charge on any atom is 0.335 e. The van der Waals surface area contributed by atoms with Crippen molar-refractivity contribution in [1.82, 2.24) is 0 Å². The van der Waals surface area contributed by atoms with E-state index < -0.39 is 5.97 Å². The first-order valence-corrected chi connectivity index (χ1v) is 5.00. The highest BCUT2D eigenvalue weighted by Gasteiger charge is 2.05. The second-order valence-corrected chi connectivity index (χ2v) is 3.38. The minimum Gasteiger partial charge on any atom is -0.478 e. The third-order valence-corrected chi connectivity index (χ3v) is 2.14. The molecule has 0 aliphatic rings. The van der Waals surface area contributed by atoms with Gasteiger partial charge in [-0.1, -0.05) is 0 Å². The first-order valence-electron chi connectivity index (χ1n) is 5.00. The molecule has 0 spiro atoms. The average Bonchev–Trinajstić information content (AvgIpc) is 2.26. The molecule has 0 aromatic heterocycles. The van der Waals surface area contributed by atoms with E-state index in [2.05, 4.69) is 5.32 Å². The topological polar surface area (TPSA) is 84.6 Å². The number of carboxylic acid groups (broad SMARTS) is 1. The van der Waals surface area contributed by atoms with E-state index in [1.807, 2.05) is 0 Å². The van der Waals surface area contributed by atoms with Gasteiger partial charge in [-0.15, -0.1) is 0 Å². The molecule has 0 aliphatic heterocycles. The van der Waals surface area contributed by atoms with Crippen LogP contribution in [0.2, 0.25) is 0 Å². The van der Waals surface area contributed by atoms with E-state index in [1.54, 1.807) is 13.2 Å². The van der Waals surface area contributed by atoms with Crippen molar-refractivity contribution in [2.24, 2.45) is 0 Å². The fourth-order valence-electron chi connectivity index (χ4n) is 1.28. The average molecular weight is 224 g/mol. The molecule has 0 fully saturated rings. The van der Waals surface area contributed by atoms with Gasteiger partial charge >= 0.3 is 5.97 Å². The molecule has 0 aliphatic carbocycles. The number of nitrogen functional groups attached to an aromatic ring is 1. The molecule has 5 nitrogen and oxygen atoms in total. The van der Waals surface area contributed by atoms with Crippen LogP contribution < -0.4 is 11.1 Å². The molecule has 88 valence electrons. The van der Waals surface area contributed by atoms with E-state index in [0.29, 0.717) is 24.5 Å². The number of hydrogen-bond donors (Lipinski definition) is 3. The predicted octanol–water partition coefficient (Wildman–Crippen LogP) is 1.42. The number of carboxylic acids is 1. The summed E-state index contributed by atoms with van der Waals surface area (Å²) in [4.78, 5) is 10.8. The van der Waals surface area contributed by atoms with Gasteiger partial charge in [0.05, 0.1) is 16.9 Å². The van der Waals surface area contributed by atoms with Crippen LogP contribution in [0.15, 0.2) is 18.2 Å². The molecule has 0 radical (unpaired) electrons. The van der Waals surface area contributed by atoms with Gasteiger partial charge < -0.3 is 20.9 Å². The smallest absolute Gasteiger partial charge is 0.335 e. The lowest BCUT2D eigenvalue weighted by atomic mass is 10.1. The van der Waals surface area contributed by atoms with Gasteiger partial charge in [-0.05, 0) is 24.6 Å². The molecular weight excluding hydrogens is 208 g/mol. The second-order valence-electron chi connectivity index (χ2n) is 3.38. The summed E-state index contributed by atoms with van der Waals surface area (Å²) in [6.07, 6.45) is 0.841. The molecule has 0 saturated carbocycles. The molecule has 0 bridgehead atoms. The lowest BCUT2D eigenvalue weighted by Crippen LogP contribution is -2.08. The number of aromatic carboxylic acids is 1. The Morgan fingerprint density at radius 2 is 2.31 bits per heavy atom. The lowest BCUT2D eigenvalue weighted by molar-refractivity contribution is 0.0697.